The minimum atomic E-state index is -0.526. The lowest BCUT2D eigenvalue weighted by Crippen LogP contribution is -2.30. The van der Waals surface area contributed by atoms with Crippen molar-refractivity contribution in [3.8, 4) is 5.75 Å². The Labute approximate surface area is 139 Å². The first-order chi connectivity index (χ1) is 11.2. The van der Waals surface area contributed by atoms with Gasteiger partial charge in [0.25, 0.3) is 5.91 Å². The van der Waals surface area contributed by atoms with Crippen LogP contribution in [0.3, 0.4) is 0 Å². The number of hydrogen-bond acceptors (Lipinski definition) is 5. The van der Waals surface area contributed by atoms with Crippen molar-refractivity contribution >= 4 is 23.2 Å². The Morgan fingerprint density at radius 2 is 1.96 bits per heavy atom. The highest BCUT2D eigenvalue weighted by Gasteiger charge is 2.10. The van der Waals surface area contributed by atoms with Crippen LogP contribution in [0.2, 0.25) is 0 Å². The summed E-state index contributed by atoms with van der Waals surface area (Å²) in [7, 11) is 0. The van der Waals surface area contributed by atoms with Gasteiger partial charge in [-0.25, -0.2) is 4.79 Å². The molecular formula is C17H19NO4S. The number of rotatable bonds is 8. The second kappa shape index (κ2) is 8.95. The Morgan fingerprint density at radius 1 is 1.17 bits per heavy atom. The summed E-state index contributed by atoms with van der Waals surface area (Å²) >= 11 is 1.65. The molecule has 0 spiro atoms. The topological polar surface area (TPSA) is 64.6 Å². The second-order valence-electron chi connectivity index (χ2n) is 4.71. The van der Waals surface area contributed by atoms with Gasteiger partial charge in [0.1, 0.15) is 5.75 Å². The van der Waals surface area contributed by atoms with Gasteiger partial charge in [0.05, 0.1) is 12.2 Å². The van der Waals surface area contributed by atoms with Crippen LogP contribution in [-0.4, -0.2) is 31.6 Å². The van der Waals surface area contributed by atoms with E-state index >= 15 is 0 Å². The van der Waals surface area contributed by atoms with Gasteiger partial charge in [-0.1, -0.05) is 6.07 Å². The van der Waals surface area contributed by atoms with Gasteiger partial charge in [-0.3, -0.25) is 4.79 Å². The monoisotopic (exact) mass is 333 g/mol. The van der Waals surface area contributed by atoms with Crippen molar-refractivity contribution in [2.24, 2.45) is 0 Å². The van der Waals surface area contributed by atoms with Crippen LogP contribution in [0.5, 0.6) is 5.75 Å². The van der Waals surface area contributed by atoms with Crippen LogP contribution >= 0.6 is 11.3 Å². The molecule has 5 nitrogen and oxygen atoms in total. The van der Waals surface area contributed by atoms with Gasteiger partial charge in [0.15, 0.2) is 6.61 Å². The molecule has 2 rings (SSSR count). The molecular weight excluding hydrogens is 314 g/mol. The van der Waals surface area contributed by atoms with Crippen LogP contribution in [-0.2, 0) is 16.0 Å². The molecule has 2 aromatic rings. The molecule has 0 bridgehead atoms. The summed E-state index contributed by atoms with van der Waals surface area (Å²) in [6.07, 6.45) is 0.774. The van der Waals surface area contributed by atoms with Crippen LogP contribution in [0.15, 0.2) is 41.8 Å². The van der Waals surface area contributed by atoms with E-state index in [9.17, 15) is 9.59 Å². The molecule has 0 aliphatic rings. The number of ether oxygens (including phenoxy) is 2. The summed E-state index contributed by atoms with van der Waals surface area (Å²) in [6.45, 7) is 2.70. The molecule has 1 aromatic heterocycles. The molecule has 0 aliphatic carbocycles. The van der Waals surface area contributed by atoms with Gasteiger partial charge in [0.2, 0.25) is 0 Å². The van der Waals surface area contributed by atoms with E-state index in [0.717, 1.165) is 6.42 Å². The standard InChI is InChI=1S/C17H19NO4S/c1-2-21-14-7-5-13(6-8-14)17(20)22-12-16(19)18-10-9-15-4-3-11-23-15/h3-8,11H,2,9-10,12H2,1H3,(H,18,19). The molecule has 0 aliphatic heterocycles. The molecule has 1 N–H and O–H groups in total. The molecule has 1 aromatic carbocycles. The normalized spacial score (nSPS) is 10.1. The Kier molecular flexibility index (Phi) is 6.62. The fraction of sp³-hybridized carbons (Fsp3) is 0.294. The molecule has 0 unspecified atom stereocenters. The summed E-state index contributed by atoms with van der Waals surface area (Å²) in [4.78, 5) is 24.7. The summed E-state index contributed by atoms with van der Waals surface area (Å²) < 4.78 is 10.3. The van der Waals surface area contributed by atoms with Gasteiger partial charge in [-0.2, -0.15) is 0 Å². The number of benzene rings is 1. The highest BCUT2D eigenvalue weighted by atomic mass is 32.1. The summed E-state index contributed by atoms with van der Waals surface area (Å²) in [5.74, 6) is -0.141. The maximum atomic E-state index is 11.8. The molecule has 6 heteroatoms. The fourth-order valence-electron chi connectivity index (χ4n) is 1.90. The quantitative estimate of drug-likeness (QED) is 0.754. The first-order valence-corrected chi connectivity index (χ1v) is 8.26. The third kappa shape index (κ3) is 5.75. The van der Waals surface area contributed by atoms with Crippen molar-refractivity contribution in [1.29, 1.82) is 0 Å². The third-order valence-corrected chi connectivity index (χ3v) is 3.95. The van der Waals surface area contributed by atoms with Crippen LogP contribution in [0.25, 0.3) is 0 Å². The summed E-state index contributed by atoms with van der Waals surface area (Å²) in [5.41, 5.74) is 0.389. The lowest BCUT2D eigenvalue weighted by molar-refractivity contribution is -0.124. The maximum Gasteiger partial charge on any atom is 0.338 e. The largest absolute Gasteiger partial charge is 0.494 e. The molecule has 23 heavy (non-hydrogen) atoms. The van der Waals surface area contributed by atoms with Crippen LogP contribution in [0.4, 0.5) is 0 Å². The second-order valence-corrected chi connectivity index (χ2v) is 5.75. The SMILES string of the molecule is CCOc1ccc(C(=O)OCC(=O)NCCc2cccs2)cc1. The summed E-state index contributed by atoms with van der Waals surface area (Å²) in [6, 6.07) is 10.6. The number of hydrogen-bond donors (Lipinski definition) is 1. The van der Waals surface area contributed by atoms with Gasteiger partial charge >= 0.3 is 5.97 Å². The number of carbonyl (C=O) groups is 2. The van der Waals surface area contributed by atoms with E-state index < -0.39 is 5.97 Å². The Balaban J connectivity index is 1.69. The van der Waals surface area contributed by atoms with Crippen LogP contribution < -0.4 is 10.1 Å². The predicted molar refractivity (Wildman–Crippen MR) is 88.9 cm³/mol. The Bertz CT molecular complexity index is 623. The smallest absolute Gasteiger partial charge is 0.338 e. The number of esters is 1. The highest BCUT2D eigenvalue weighted by molar-refractivity contribution is 7.09. The first-order valence-electron chi connectivity index (χ1n) is 7.38. The molecule has 0 saturated carbocycles. The van der Waals surface area contributed by atoms with E-state index in [4.69, 9.17) is 9.47 Å². The zero-order valence-corrected chi connectivity index (χ0v) is 13.7. The maximum absolute atomic E-state index is 11.8. The van der Waals surface area contributed by atoms with Crippen molar-refractivity contribution in [2.75, 3.05) is 19.8 Å². The molecule has 0 radical (unpaired) electrons. The van der Waals surface area contributed by atoms with Gasteiger partial charge in [-0.05, 0) is 49.1 Å². The van der Waals surface area contributed by atoms with Gasteiger partial charge in [0, 0.05) is 11.4 Å². The zero-order valence-electron chi connectivity index (χ0n) is 12.9. The summed E-state index contributed by atoms with van der Waals surface area (Å²) in [5, 5.41) is 4.72. The Hall–Kier alpha value is -2.34. The average molecular weight is 333 g/mol. The Morgan fingerprint density at radius 3 is 2.61 bits per heavy atom. The molecule has 0 atom stereocenters. The molecule has 1 heterocycles. The van der Waals surface area contributed by atoms with Crippen LogP contribution in [0.1, 0.15) is 22.2 Å². The highest BCUT2D eigenvalue weighted by Crippen LogP contribution is 2.12. The lowest BCUT2D eigenvalue weighted by atomic mass is 10.2. The minimum Gasteiger partial charge on any atom is -0.494 e. The van der Waals surface area contributed by atoms with E-state index in [-0.39, 0.29) is 12.5 Å². The average Bonchev–Trinajstić information content (AvgIpc) is 3.07. The number of amides is 1. The van der Waals surface area contributed by atoms with E-state index in [1.54, 1.807) is 35.6 Å². The van der Waals surface area contributed by atoms with Crippen molar-refractivity contribution in [1.82, 2.24) is 5.32 Å². The van der Waals surface area contributed by atoms with E-state index in [0.29, 0.717) is 24.5 Å². The van der Waals surface area contributed by atoms with Crippen molar-refractivity contribution in [3.05, 3.63) is 52.2 Å². The van der Waals surface area contributed by atoms with E-state index in [1.807, 2.05) is 24.4 Å². The van der Waals surface area contributed by atoms with Crippen molar-refractivity contribution in [3.63, 3.8) is 0 Å². The van der Waals surface area contributed by atoms with E-state index in [1.165, 1.54) is 4.88 Å². The number of nitrogens with one attached hydrogen (secondary N) is 1. The number of thiophene rings is 1. The zero-order chi connectivity index (χ0) is 16.5. The molecule has 0 saturated heterocycles. The van der Waals surface area contributed by atoms with Gasteiger partial charge in [-0.15, -0.1) is 11.3 Å². The third-order valence-electron chi connectivity index (χ3n) is 3.01. The molecule has 1 amide bonds. The predicted octanol–water partition coefficient (Wildman–Crippen LogP) is 2.66. The van der Waals surface area contributed by atoms with Gasteiger partial charge < -0.3 is 14.8 Å². The van der Waals surface area contributed by atoms with E-state index in [2.05, 4.69) is 5.32 Å². The minimum absolute atomic E-state index is 0.281. The first kappa shape index (κ1) is 17.0. The number of carbonyl (C=O) groups excluding carboxylic acids is 2. The molecule has 0 fully saturated rings. The van der Waals surface area contributed by atoms with Crippen LogP contribution in [0, 0.1) is 0 Å². The van der Waals surface area contributed by atoms with Crippen molar-refractivity contribution < 1.29 is 19.1 Å². The molecule has 122 valence electrons. The van der Waals surface area contributed by atoms with Crippen molar-refractivity contribution in [2.45, 2.75) is 13.3 Å². The fourth-order valence-corrected chi connectivity index (χ4v) is 2.61. The lowest BCUT2D eigenvalue weighted by Gasteiger charge is -2.07.